The van der Waals surface area contributed by atoms with Crippen molar-refractivity contribution in [2.75, 3.05) is 0 Å². The van der Waals surface area contributed by atoms with Gasteiger partial charge in [0.1, 0.15) is 0 Å². The molecule has 0 aliphatic rings. The summed E-state index contributed by atoms with van der Waals surface area (Å²) in [5, 5.41) is 10.1. The molecule has 6 nitrogen and oxygen atoms in total. The molecular formula is C25H48N2O4. The van der Waals surface area contributed by atoms with Gasteiger partial charge in [-0.15, -0.1) is 0 Å². The van der Waals surface area contributed by atoms with Crippen LogP contribution in [0, 0.1) is 5.41 Å². The Hall–Kier alpha value is -1.43. The number of hydrogen-bond acceptors (Lipinski definition) is 4. The van der Waals surface area contributed by atoms with Crippen LogP contribution in [-0.2, 0) is 14.4 Å². The molecule has 0 aliphatic carbocycles. The maximum Gasteiger partial charge on any atom is 0.332 e. The second-order valence-electron chi connectivity index (χ2n) is 9.25. The molecule has 0 aromatic carbocycles. The SMILES string of the molecule is CCCCCCCCCCCC(=O)C(N)(C(=O)O)C(CCCC)(CCCC)CC(N)=O. The maximum atomic E-state index is 13.2. The van der Waals surface area contributed by atoms with E-state index in [0.717, 1.165) is 32.1 Å². The van der Waals surface area contributed by atoms with Gasteiger partial charge in [-0.1, -0.05) is 97.8 Å². The van der Waals surface area contributed by atoms with E-state index in [4.69, 9.17) is 11.5 Å². The molecule has 1 atom stereocenters. The fraction of sp³-hybridized carbons (Fsp3) is 0.880. The predicted octanol–water partition coefficient (Wildman–Crippen LogP) is 5.50. The number of rotatable bonds is 21. The number of nitrogens with two attached hydrogens (primary N) is 2. The van der Waals surface area contributed by atoms with Crippen molar-refractivity contribution in [2.45, 2.75) is 135 Å². The molecule has 0 aromatic rings. The van der Waals surface area contributed by atoms with E-state index < -0.39 is 28.6 Å². The molecule has 0 heterocycles. The predicted molar refractivity (Wildman–Crippen MR) is 127 cm³/mol. The smallest absolute Gasteiger partial charge is 0.332 e. The topological polar surface area (TPSA) is 123 Å². The summed E-state index contributed by atoms with van der Waals surface area (Å²) in [4.78, 5) is 37.5. The van der Waals surface area contributed by atoms with Gasteiger partial charge in [0.25, 0.3) is 0 Å². The normalized spacial score (nSPS) is 13.7. The Labute approximate surface area is 189 Å². The van der Waals surface area contributed by atoms with Crippen molar-refractivity contribution in [1.29, 1.82) is 0 Å². The Morgan fingerprint density at radius 3 is 1.52 bits per heavy atom. The first kappa shape index (κ1) is 29.6. The van der Waals surface area contributed by atoms with Gasteiger partial charge in [-0.3, -0.25) is 9.59 Å². The van der Waals surface area contributed by atoms with E-state index in [1.54, 1.807) is 0 Å². The molecule has 0 bridgehead atoms. The van der Waals surface area contributed by atoms with Crippen LogP contribution in [0.2, 0.25) is 0 Å². The lowest BCUT2D eigenvalue weighted by Gasteiger charge is -2.44. The zero-order chi connectivity index (χ0) is 23.8. The summed E-state index contributed by atoms with van der Waals surface area (Å²) >= 11 is 0. The Bertz CT molecular complexity index is 528. The zero-order valence-corrected chi connectivity index (χ0v) is 20.3. The van der Waals surface area contributed by atoms with Crippen molar-refractivity contribution in [3.63, 3.8) is 0 Å². The van der Waals surface area contributed by atoms with Gasteiger partial charge in [-0.05, 0) is 19.3 Å². The molecule has 0 radical (unpaired) electrons. The number of unbranched alkanes of at least 4 members (excludes halogenated alkanes) is 10. The molecule has 5 N–H and O–H groups in total. The number of amides is 1. The lowest BCUT2D eigenvalue weighted by molar-refractivity contribution is -0.157. The summed E-state index contributed by atoms with van der Waals surface area (Å²) < 4.78 is 0. The third-order valence-corrected chi connectivity index (χ3v) is 6.65. The van der Waals surface area contributed by atoms with Crippen LogP contribution in [0.4, 0.5) is 0 Å². The molecule has 0 rings (SSSR count). The lowest BCUT2D eigenvalue weighted by atomic mass is 9.60. The molecule has 0 aliphatic heterocycles. The number of hydrogen-bond donors (Lipinski definition) is 3. The first-order chi connectivity index (χ1) is 14.7. The van der Waals surface area contributed by atoms with E-state index in [2.05, 4.69) is 6.92 Å². The molecule has 1 unspecified atom stereocenters. The summed E-state index contributed by atoms with van der Waals surface area (Å²) in [6, 6.07) is 0. The molecule has 0 saturated carbocycles. The van der Waals surface area contributed by atoms with Crippen LogP contribution in [0.25, 0.3) is 0 Å². The minimum Gasteiger partial charge on any atom is -0.480 e. The molecule has 0 aromatic heterocycles. The lowest BCUT2D eigenvalue weighted by Crippen LogP contribution is -2.67. The molecule has 31 heavy (non-hydrogen) atoms. The number of aliphatic carboxylic acids is 1. The summed E-state index contributed by atoms with van der Waals surface area (Å²) in [6.45, 7) is 6.20. The summed E-state index contributed by atoms with van der Waals surface area (Å²) in [6.07, 6.45) is 13.8. The third kappa shape index (κ3) is 9.71. The van der Waals surface area contributed by atoms with Crippen LogP contribution < -0.4 is 11.5 Å². The van der Waals surface area contributed by atoms with Gasteiger partial charge in [0.2, 0.25) is 5.91 Å². The second kappa shape index (κ2) is 16.2. The van der Waals surface area contributed by atoms with Crippen LogP contribution >= 0.6 is 0 Å². The zero-order valence-electron chi connectivity index (χ0n) is 20.3. The number of Topliss-reactive ketones (excluding diaryl/α,β-unsaturated/α-hetero) is 1. The first-order valence-electron chi connectivity index (χ1n) is 12.6. The number of primary amides is 1. The Kier molecular flexibility index (Phi) is 15.5. The molecule has 6 heteroatoms. The highest BCUT2D eigenvalue weighted by molar-refractivity contribution is 6.09. The van der Waals surface area contributed by atoms with Gasteiger partial charge in [0, 0.05) is 18.3 Å². The van der Waals surface area contributed by atoms with Crippen LogP contribution in [0.1, 0.15) is 130 Å². The minimum absolute atomic E-state index is 0.136. The van der Waals surface area contributed by atoms with Gasteiger partial charge in [-0.25, -0.2) is 4.79 Å². The van der Waals surface area contributed by atoms with E-state index in [0.29, 0.717) is 32.1 Å². The summed E-state index contributed by atoms with van der Waals surface area (Å²) in [5.41, 5.74) is 8.76. The Morgan fingerprint density at radius 1 is 0.710 bits per heavy atom. The molecule has 182 valence electrons. The van der Waals surface area contributed by atoms with Crippen molar-refractivity contribution in [1.82, 2.24) is 0 Å². The van der Waals surface area contributed by atoms with E-state index >= 15 is 0 Å². The van der Waals surface area contributed by atoms with E-state index in [-0.39, 0.29) is 12.8 Å². The fourth-order valence-corrected chi connectivity index (χ4v) is 4.63. The average molecular weight is 441 g/mol. The molecule has 0 saturated heterocycles. The Balaban J connectivity index is 5.21. The molecular weight excluding hydrogens is 392 g/mol. The summed E-state index contributed by atoms with van der Waals surface area (Å²) in [5.74, 6) is -2.39. The van der Waals surface area contributed by atoms with E-state index in [1.165, 1.54) is 32.1 Å². The van der Waals surface area contributed by atoms with Crippen molar-refractivity contribution >= 4 is 17.7 Å². The molecule has 0 spiro atoms. The number of carbonyl (C=O) groups excluding carboxylic acids is 2. The highest BCUT2D eigenvalue weighted by atomic mass is 16.4. The molecule has 0 fully saturated rings. The third-order valence-electron chi connectivity index (χ3n) is 6.65. The summed E-state index contributed by atoms with van der Waals surface area (Å²) in [7, 11) is 0. The minimum atomic E-state index is -2.08. The van der Waals surface area contributed by atoms with Gasteiger partial charge in [0.15, 0.2) is 11.3 Å². The van der Waals surface area contributed by atoms with Crippen molar-refractivity contribution in [3.05, 3.63) is 0 Å². The highest BCUT2D eigenvalue weighted by Crippen LogP contribution is 2.45. The van der Waals surface area contributed by atoms with Crippen molar-refractivity contribution in [3.8, 4) is 0 Å². The second-order valence-corrected chi connectivity index (χ2v) is 9.25. The van der Waals surface area contributed by atoms with Crippen LogP contribution in [-0.4, -0.2) is 28.3 Å². The number of ketones is 1. The number of carbonyl (C=O) groups is 3. The Morgan fingerprint density at radius 2 is 1.13 bits per heavy atom. The standard InChI is InChI=1S/C25H48N2O4/c1-4-7-10-11-12-13-14-15-16-17-21(28)25(27,23(30)31)24(18-8-5-2,19-9-6-3)20-22(26)29/h4-20,27H2,1-3H3,(H2,26,29)(H,30,31). The monoisotopic (exact) mass is 440 g/mol. The highest BCUT2D eigenvalue weighted by Gasteiger charge is 2.58. The first-order valence-corrected chi connectivity index (χ1v) is 12.6. The van der Waals surface area contributed by atoms with E-state index in [9.17, 15) is 19.5 Å². The molecule has 1 amide bonds. The quantitative estimate of drug-likeness (QED) is 0.161. The van der Waals surface area contributed by atoms with Crippen LogP contribution in [0.3, 0.4) is 0 Å². The largest absolute Gasteiger partial charge is 0.480 e. The van der Waals surface area contributed by atoms with Crippen molar-refractivity contribution in [2.24, 2.45) is 16.9 Å². The maximum absolute atomic E-state index is 13.2. The van der Waals surface area contributed by atoms with Gasteiger partial charge >= 0.3 is 5.97 Å². The number of carboxylic acids is 1. The van der Waals surface area contributed by atoms with E-state index in [1.807, 2.05) is 13.8 Å². The van der Waals surface area contributed by atoms with Gasteiger partial charge in [0.05, 0.1) is 0 Å². The van der Waals surface area contributed by atoms with Gasteiger partial charge < -0.3 is 16.6 Å². The average Bonchev–Trinajstić information content (AvgIpc) is 2.73. The van der Waals surface area contributed by atoms with Gasteiger partial charge in [-0.2, -0.15) is 0 Å². The fourth-order valence-electron chi connectivity index (χ4n) is 4.63. The van der Waals surface area contributed by atoms with Crippen LogP contribution in [0.15, 0.2) is 0 Å². The van der Waals surface area contributed by atoms with Crippen molar-refractivity contribution < 1.29 is 19.5 Å². The van der Waals surface area contributed by atoms with Crippen LogP contribution in [0.5, 0.6) is 0 Å². The number of carboxylic acid groups (broad SMARTS) is 1.